The van der Waals surface area contributed by atoms with E-state index in [0.29, 0.717) is 82.8 Å². The van der Waals surface area contributed by atoms with Crippen molar-refractivity contribution in [3.05, 3.63) is 126 Å². The van der Waals surface area contributed by atoms with Gasteiger partial charge in [-0.15, -0.1) is 0 Å². The summed E-state index contributed by atoms with van der Waals surface area (Å²) in [6.45, 7) is 1.10. The van der Waals surface area contributed by atoms with Crippen molar-refractivity contribution < 1.29 is 28.5 Å². The fourth-order valence-electron chi connectivity index (χ4n) is 7.49. The number of aromatic nitrogens is 5. The van der Waals surface area contributed by atoms with Crippen LogP contribution in [0.25, 0.3) is 11.1 Å². The third-order valence-electron chi connectivity index (χ3n) is 10.5. The Balaban J connectivity index is 0.877. The van der Waals surface area contributed by atoms with Crippen LogP contribution in [0.2, 0.25) is 0 Å². The van der Waals surface area contributed by atoms with Crippen LogP contribution >= 0.6 is 0 Å². The van der Waals surface area contributed by atoms with Crippen LogP contribution in [0.4, 0.5) is 11.4 Å². The summed E-state index contributed by atoms with van der Waals surface area (Å²) < 4.78 is 23.8. The molecule has 58 heavy (non-hydrogen) atoms. The summed E-state index contributed by atoms with van der Waals surface area (Å²) in [6.07, 6.45) is 19.0. The zero-order valence-electron chi connectivity index (χ0n) is 31.7. The minimum Gasteiger partial charge on any atom is -0.493 e. The predicted octanol–water partition coefficient (Wildman–Crippen LogP) is 5.86. The summed E-state index contributed by atoms with van der Waals surface area (Å²) in [4.78, 5) is 61.9. The van der Waals surface area contributed by atoms with Crippen LogP contribution < -0.4 is 18.9 Å². The van der Waals surface area contributed by atoms with Crippen molar-refractivity contribution in [1.82, 2.24) is 34.7 Å². The number of hydrogen-bond acceptors (Lipinski definition) is 13. The minimum atomic E-state index is -0.226. The molecule has 3 aromatic heterocycles. The standard InChI is InChI=1S/C43H37N9O6/c1-55-38-12-34-36(48-20-32-10-26(6-8-51(32)42(34)53)28-16-44-24-45-17-28)14-40(38)57-22-30-4-3-5-31(50-30)23-58-41-15-37-35(13-39(41)56-2)43(54)52-9-7-27(11-33(52)21-49-37)29-18-46-25-47-19-29/h3-7,12-21,24-25,32-33H,8-11,22-23H2,1-2H3/t32-,33-/m0/s1. The highest BCUT2D eigenvalue weighted by molar-refractivity contribution is 6.05. The Labute approximate surface area is 333 Å². The molecule has 0 aliphatic carbocycles. The number of amides is 2. The van der Waals surface area contributed by atoms with E-state index < -0.39 is 0 Å². The van der Waals surface area contributed by atoms with Crippen LogP contribution in [-0.2, 0) is 13.2 Å². The Kier molecular flexibility index (Phi) is 9.83. The van der Waals surface area contributed by atoms with Crippen LogP contribution in [0.15, 0.2) is 102 Å². The first kappa shape index (κ1) is 36.4. The summed E-state index contributed by atoms with van der Waals surface area (Å²) in [6, 6.07) is 11.9. The molecule has 9 rings (SSSR count). The molecule has 2 amide bonds. The van der Waals surface area contributed by atoms with Crippen LogP contribution in [0, 0.1) is 0 Å². The van der Waals surface area contributed by atoms with Gasteiger partial charge in [-0.05, 0) is 48.3 Å². The highest BCUT2D eigenvalue weighted by Crippen LogP contribution is 2.40. The van der Waals surface area contributed by atoms with Crippen LogP contribution in [0.5, 0.6) is 23.0 Å². The molecule has 0 saturated carbocycles. The predicted molar refractivity (Wildman–Crippen MR) is 214 cm³/mol. The van der Waals surface area contributed by atoms with E-state index in [1.807, 2.05) is 42.8 Å². The monoisotopic (exact) mass is 775 g/mol. The molecule has 0 fully saturated rings. The second kappa shape index (κ2) is 15.7. The Morgan fingerprint density at radius 3 is 1.50 bits per heavy atom. The van der Waals surface area contributed by atoms with Gasteiger partial charge in [0.1, 0.15) is 25.9 Å². The second-order valence-corrected chi connectivity index (χ2v) is 14.0. The summed E-state index contributed by atoms with van der Waals surface area (Å²) in [5, 5.41) is 0. The summed E-state index contributed by atoms with van der Waals surface area (Å²) >= 11 is 0. The minimum absolute atomic E-state index is 0.117. The van der Waals surface area contributed by atoms with Crippen molar-refractivity contribution in [2.24, 2.45) is 9.98 Å². The molecule has 7 heterocycles. The van der Waals surface area contributed by atoms with Gasteiger partial charge in [-0.1, -0.05) is 18.2 Å². The van der Waals surface area contributed by atoms with Gasteiger partial charge in [0.05, 0.1) is 60.2 Å². The molecular weight excluding hydrogens is 739 g/mol. The van der Waals surface area contributed by atoms with E-state index in [1.165, 1.54) is 26.9 Å². The molecule has 290 valence electrons. The van der Waals surface area contributed by atoms with Gasteiger partial charge in [0.25, 0.3) is 11.8 Å². The lowest BCUT2D eigenvalue weighted by Crippen LogP contribution is -2.43. The summed E-state index contributed by atoms with van der Waals surface area (Å²) in [5.41, 5.74) is 7.15. The van der Waals surface area contributed by atoms with E-state index in [9.17, 15) is 9.59 Å². The normalized spacial score (nSPS) is 18.1. The highest BCUT2D eigenvalue weighted by Gasteiger charge is 2.34. The van der Waals surface area contributed by atoms with Crippen molar-refractivity contribution in [3.8, 4) is 23.0 Å². The summed E-state index contributed by atoms with van der Waals surface area (Å²) in [5.74, 6) is 1.40. The smallest absolute Gasteiger partial charge is 0.257 e. The van der Waals surface area contributed by atoms with Crippen molar-refractivity contribution in [2.75, 3.05) is 27.3 Å². The van der Waals surface area contributed by atoms with E-state index in [2.05, 4.69) is 19.9 Å². The van der Waals surface area contributed by atoms with Gasteiger partial charge in [-0.3, -0.25) is 24.6 Å². The van der Waals surface area contributed by atoms with Gasteiger partial charge in [0, 0.05) is 73.6 Å². The van der Waals surface area contributed by atoms with E-state index in [-0.39, 0.29) is 37.1 Å². The Morgan fingerprint density at radius 2 is 1.07 bits per heavy atom. The number of methoxy groups -OCH3 is 2. The lowest BCUT2D eigenvalue weighted by Gasteiger charge is -2.32. The number of aliphatic imine (C=N–C) groups is 2. The molecule has 4 aliphatic rings. The van der Waals surface area contributed by atoms with Gasteiger partial charge < -0.3 is 28.7 Å². The molecule has 15 heteroatoms. The molecule has 15 nitrogen and oxygen atoms in total. The molecule has 0 unspecified atom stereocenters. The van der Waals surface area contributed by atoms with Crippen LogP contribution in [-0.4, -0.2) is 98.4 Å². The molecule has 2 aromatic carbocycles. The maximum atomic E-state index is 13.8. The maximum absolute atomic E-state index is 13.8. The first-order valence-electron chi connectivity index (χ1n) is 18.7. The highest BCUT2D eigenvalue weighted by atomic mass is 16.5. The Morgan fingerprint density at radius 1 is 0.621 bits per heavy atom. The van der Waals surface area contributed by atoms with E-state index >= 15 is 0 Å². The number of hydrogen-bond donors (Lipinski definition) is 0. The third kappa shape index (κ3) is 7.13. The summed E-state index contributed by atoms with van der Waals surface area (Å²) in [7, 11) is 3.07. The molecule has 0 N–H and O–H groups in total. The number of ether oxygens (including phenoxy) is 4. The second-order valence-electron chi connectivity index (χ2n) is 14.0. The average Bonchev–Trinajstić information content (AvgIpc) is 3.50. The van der Waals surface area contributed by atoms with Crippen LogP contribution in [0.1, 0.15) is 56.1 Å². The molecule has 0 bridgehead atoms. The van der Waals surface area contributed by atoms with E-state index in [4.69, 9.17) is 33.9 Å². The first-order valence-corrected chi connectivity index (χ1v) is 18.7. The van der Waals surface area contributed by atoms with Crippen molar-refractivity contribution >= 4 is 46.8 Å². The molecule has 0 spiro atoms. The fraction of sp³-hybridized carbons (Fsp3) is 0.233. The number of nitrogens with zero attached hydrogens (tertiary/aromatic N) is 9. The van der Waals surface area contributed by atoms with Gasteiger partial charge >= 0.3 is 0 Å². The number of carbonyl (C=O) groups is 2. The topological polar surface area (TPSA) is 167 Å². The van der Waals surface area contributed by atoms with Crippen molar-refractivity contribution in [3.63, 3.8) is 0 Å². The van der Waals surface area contributed by atoms with Gasteiger partial charge in [0.15, 0.2) is 23.0 Å². The van der Waals surface area contributed by atoms with E-state index in [0.717, 1.165) is 22.3 Å². The van der Waals surface area contributed by atoms with Gasteiger partial charge in [0.2, 0.25) is 0 Å². The molecule has 2 atom stereocenters. The maximum Gasteiger partial charge on any atom is 0.257 e. The Bertz CT molecular complexity index is 2360. The van der Waals surface area contributed by atoms with Gasteiger partial charge in [-0.25, -0.2) is 19.9 Å². The largest absolute Gasteiger partial charge is 0.493 e. The van der Waals surface area contributed by atoms with Crippen molar-refractivity contribution in [2.45, 2.75) is 38.1 Å². The third-order valence-corrected chi connectivity index (χ3v) is 10.5. The SMILES string of the molecule is COc1cc2c(cc1OCc1cccc(COc3cc4c(cc3OC)C(=O)N3CC=C(c5cncnc5)C[C@H]3C=N4)n1)N=C[C@@H]1CC(c3cncnc3)=CCN1C2=O. The first-order chi connectivity index (χ1) is 28.4. The van der Waals surface area contributed by atoms with Crippen LogP contribution in [0.3, 0.4) is 0 Å². The molecule has 0 radical (unpaired) electrons. The number of fused-ring (bicyclic) bond motifs is 4. The average molecular weight is 776 g/mol. The fourth-order valence-corrected chi connectivity index (χ4v) is 7.49. The number of carbonyl (C=O) groups excluding carboxylic acids is 2. The Hall–Kier alpha value is -7.29. The van der Waals surface area contributed by atoms with Gasteiger partial charge in [-0.2, -0.15) is 0 Å². The molecule has 5 aromatic rings. The van der Waals surface area contributed by atoms with E-state index in [1.54, 1.807) is 58.9 Å². The lowest BCUT2D eigenvalue weighted by atomic mass is 9.96. The van der Waals surface area contributed by atoms with Crippen molar-refractivity contribution in [1.29, 1.82) is 0 Å². The number of rotatable bonds is 10. The molecule has 4 aliphatic heterocycles. The quantitative estimate of drug-likeness (QED) is 0.167. The molecular formula is C43H37N9O6. The molecule has 0 saturated heterocycles. The zero-order chi connectivity index (χ0) is 39.6. The number of pyridine rings is 1. The lowest BCUT2D eigenvalue weighted by molar-refractivity contribution is 0.0740. The number of benzene rings is 2. The zero-order valence-corrected chi connectivity index (χ0v) is 31.7.